The summed E-state index contributed by atoms with van der Waals surface area (Å²) in [5.74, 6) is -0.186. The monoisotopic (exact) mass is 301 g/mol. The quantitative estimate of drug-likeness (QED) is 0.902. The Balaban J connectivity index is 2.07. The second-order valence-electron chi connectivity index (χ2n) is 6.50. The predicted octanol–water partition coefficient (Wildman–Crippen LogP) is 1.82. The second kappa shape index (κ2) is 6.27. The van der Waals surface area contributed by atoms with Gasteiger partial charge in [-0.05, 0) is 24.5 Å². The van der Waals surface area contributed by atoms with Crippen LogP contribution in [-0.4, -0.2) is 26.9 Å². The van der Waals surface area contributed by atoms with Crippen molar-refractivity contribution in [2.24, 2.45) is 11.1 Å². The highest BCUT2D eigenvalue weighted by Crippen LogP contribution is 2.19. The van der Waals surface area contributed by atoms with Gasteiger partial charge in [-0.2, -0.15) is 0 Å². The molecule has 0 aliphatic carbocycles. The van der Waals surface area contributed by atoms with Gasteiger partial charge < -0.3 is 11.1 Å². The number of nitrogens with two attached hydrogens (primary N) is 1. The molecule has 0 aliphatic rings. The molecule has 0 saturated carbocycles. The molecule has 0 bridgehead atoms. The number of carbonyl (C=O) groups is 1. The van der Waals surface area contributed by atoms with Crippen LogP contribution in [0.15, 0.2) is 36.5 Å². The van der Waals surface area contributed by atoms with Gasteiger partial charge >= 0.3 is 0 Å². The van der Waals surface area contributed by atoms with E-state index in [9.17, 15) is 4.79 Å². The molecule has 0 fully saturated rings. The molecule has 1 aromatic carbocycles. The van der Waals surface area contributed by atoms with Crippen molar-refractivity contribution in [3.63, 3.8) is 0 Å². The van der Waals surface area contributed by atoms with E-state index < -0.39 is 6.04 Å². The Morgan fingerprint density at radius 3 is 2.50 bits per heavy atom. The first kappa shape index (κ1) is 16.2. The lowest BCUT2D eigenvalue weighted by molar-refractivity contribution is -0.125. The lowest BCUT2D eigenvalue weighted by Gasteiger charge is -2.26. The van der Waals surface area contributed by atoms with Gasteiger partial charge in [0.05, 0.1) is 24.0 Å². The van der Waals surface area contributed by atoms with Crippen molar-refractivity contribution in [3.05, 3.63) is 42.2 Å². The fraction of sp³-hybridized carbons (Fsp3) is 0.438. The van der Waals surface area contributed by atoms with E-state index in [4.69, 9.17) is 5.73 Å². The highest BCUT2D eigenvalue weighted by atomic mass is 16.2. The van der Waals surface area contributed by atoms with Crippen LogP contribution < -0.4 is 11.1 Å². The highest BCUT2D eigenvalue weighted by Gasteiger charge is 2.28. The molecule has 0 radical (unpaired) electrons. The van der Waals surface area contributed by atoms with Crippen LogP contribution in [0.2, 0.25) is 0 Å². The zero-order valence-electron chi connectivity index (χ0n) is 13.4. The summed E-state index contributed by atoms with van der Waals surface area (Å²) in [5, 5.41) is 11.1. The summed E-state index contributed by atoms with van der Waals surface area (Å²) < 4.78 is 1.68. The number of para-hydroxylation sites is 1. The number of carbonyl (C=O) groups excluding carboxylic acids is 1. The van der Waals surface area contributed by atoms with Crippen LogP contribution in [0.3, 0.4) is 0 Å². The van der Waals surface area contributed by atoms with Crippen molar-refractivity contribution in [1.82, 2.24) is 20.3 Å². The average molecular weight is 301 g/mol. The topological polar surface area (TPSA) is 85.8 Å². The minimum atomic E-state index is -0.570. The summed E-state index contributed by atoms with van der Waals surface area (Å²) in [6.07, 6.45) is 1.81. The molecule has 1 amide bonds. The molecule has 0 saturated heterocycles. The third-order valence-electron chi connectivity index (χ3n) is 3.55. The number of benzene rings is 1. The molecule has 0 spiro atoms. The number of hydrogen-bond acceptors (Lipinski definition) is 4. The fourth-order valence-electron chi connectivity index (χ4n) is 1.95. The molecule has 6 heteroatoms. The Hall–Kier alpha value is -2.21. The smallest absolute Gasteiger partial charge is 0.237 e. The number of rotatable bonds is 4. The van der Waals surface area contributed by atoms with Gasteiger partial charge in [0.15, 0.2) is 0 Å². The van der Waals surface area contributed by atoms with Crippen molar-refractivity contribution in [1.29, 1.82) is 0 Å². The van der Waals surface area contributed by atoms with E-state index in [0.717, 1.165) is 5.69 Å². The molecule has 118 valence electrons. The molecule has 1 heterocycles. The molecule has 6 nitrogen and oxygen atoms in total. The first-order valence-corrected chi connectivity index (χ1v) is 7.32. The van der Waals surface area contributed by atoms with E-state index in [1.807, 2.05) is 64.2 Å². The normalized spacial score (nSPS) is 14.4. The maximum atomic E-state index is 12.2. The van der Waals surface area contributed by atoms with Crippen LogP contribution in [0.25, 0.3) is 5.69 Å². The molecule has 2 atom stereocenters. The van der Waals surface area contributed by atoms with Gasteiger partial charge in [0, 0.05) is 0 Å². The average Bonchev–Trinajstić information content (AvgIpc) is 2.96. The van der Waals surface area contributed by atoms with Gasteiger partial charge in [0.25, 0.3) is 0 Å². The zero-order chi connectivity index (χ0) is 16.3. The SMILES string of the molecule is CC(NC(=O)[C@@H](N)C(C)(C)C)c1cn(-c2ccccc2)nn1. The van der Waals surface area contributed by atoms with Gasteiger partial charge in [0.2, 0.25) is 5.91 Å². The first-order chi connectivity index (χ1) is 10.3. The van der Waals surface area contributed by atoms with E-state index in [-0.39, 0.29) is 17.4 Å². The number of amides is 1. The summed E-state index contributed by atoms with van der Waals surface area (Å²) >= 11 is 0. The number of nitrogens with one attached hydrogen (secondary N) is 1. The Labute approximate surface area is 130 Å². The predicted molar refractivity (Wildman–Crippen MR) is 85.3 cm³/mol. The highest BCUT2D eigenvalue weighted by molar-refractivity contribution is 5.82. The Kier molecular flexibility index (Phi) is 4.61. The summed E-state index contributed by atoms with van der Waals surface area (Å²) in [6, 6.07) is 8.87. The summed E-state index contributed by atoms with van der Waals surface area (Å²) in [5.41, 5.74) is 7.29. The molecule has 22 heavy (non-hydrogen) atoms. The largest absolute Gasteiger partial charge is 0.347 e. The number of hydrogen-bond donors (Lipinski definition) is 2. The van der Waals surface area contributed by atoms with E-state index >= 15 is 0 Å². The van der Waals surface area contributed by atoms with Gasteiger partial charge in [-0.15, -0.1) is 5.10 Å². The third kappa shape index (κ3) is 3.71. The van der Waals surface area contributed by atoms with E-state index in [1.165, 1.54) is 0 Å². The van der Waals surface area contributed by atoms with Gasteiger partial charge in [-0.1, -0.05) is 44.2 Å². The standard InChI is InChI=1S/C16H23N5O/c1-11(18-15(22)14(17)16(2,3)4)13-10-21(20-19-13)12-8-6-5-7-9-12/h5-11,14H,17H2,1-4H3,(H,18,22)/t11?,14-/m1/s1. The zero-order valence-corrected chi connectivity index (χ0v) is 13.4. The molecule has 2 aromatic rings. The van der Waals surface area contributed by atoms with Crippen molar-refractivity contribution in [2.45, 2.75) is 39.8 Å². The molecule has 1 aromatic heterocycles. The second-order valence-corrected chi connectivity index (χ2v) is 6.50. The Bertz CT molecular complexity index is 629. The maximum Gasteiger partial charge on any atom is 0.237 e. The Morgan fingerprint density at radius 2 is 1.91 bits per heavy atom. The molecule has 3 N–H and O–H groups in total. The minimum Gasteiger partial charge on any atom is -0.347 e. The van der Waals surface area contributed by atoms with Crippen LogP contribution in [0.5, 0.6) is 0 Å². The molecule has 1 unspecified atom stereocenters. The summed E-state index contributed by atoms with van der Waals surface area (Å²) in [7, 11) is 0. The van der Waals surface area contributed by atoms with Crippen LogP contribution in [-0.2, 0) is 4.79 Å². The summed E-state index contributed by atoms with van der Waals surface area (Å²) in [6.45, 7) is 7.68. The van der Waals surface area contributed by atoms with Crippen molar-refractivity contribution < 1.29 is 4.79 Å². The Morgan fingerprint density at radius 1 is 1.27 bits per heavy atom. The van der Waals surface area contributed by atoms with Gasteiger partial charge in [-0.25, -0.2) is 4.68 Å². The lowest BCUT2D eigenvalue weighted by atomic mass is 9.87. The molecule has 0 aliphatic heterocycles. The van der Waals surface area contributed by atoms with Crippen LogP contribution in [0.1, 0.15) is 39.4 Å². The van der Waals surface area contributed by atoms with E-state index in [2.05, 4.69) is 15.6 Å². The summed E-state index contributed by atoms with van der Waals surface area (Å²) in [4.78, 5) is 12.2. The van der Waals surface area contributed by atoms with E-state index in [0.29, 0.717) is 5.69 Å². The minimum absolute atomic E-state index is 0.186. The van der Waals surface area contributed by atoms with Crippen molar-refractivity contribution in [3.8, 4) is 5.69 Å². The van der Waals surface area contributed by atoms with E-state index in [1.54, 1.807) is 4.68 Å². The first-order valence-electron chi connectivity index (χ1n) is 7.32. The van der Waals surface area contributed by atoms with Gasteiger partial charge in [0.1, 0.15) is 5.69 Å². The van der Waals surface area contributed by atoms with Crippen LogP contribution in [0, 0.1) is 5.41 Å². The third-order valence-corrected chi connectivity index (χ3v) is 3.55. The molecular formula is C16H23N5O. The molecule has 2 rings (SSSR count). The van der Waals surface area contributed by atoms with Gasteiger partial charge in [-0.3, -0.25) is 4.79 Å². The van der Waals surface area contributed by atoms with Crippen molar-refractivity contribution >= 4 is 5.91 Å². The number of nitrogens with zero attached hydrogens (tertiary/aromatic N) is 3. The maximum absolute atomic E-state index is 12.2. The van der Waals surface area contributed by atoms with Crippen LogP contribution >= 0.6 is 0 Å². The lowest BCUT2D eigenvalue weighted by Crippen LogP contribution is -2.49. The van der Waals surface area contributed by atoms with Crippen LogP contribution in [0.4, 0.5) is 0 Å². The molecular weight excluding hydrogens is 278 g/mol. The number of aromatic nitrogens is 3. The van der Waals surface area contributed by atoms with Crippen molar-refractivity contribution in [2.75, 3.05) is 0 Å². The fourth-order valence-corrected chi connectivity index (χ4v) is 1.95.